The number of aliphatic hydroxyl groups is 1. The summed E-state index contributed by atoms with van der Waals surface area (Å²) in [6.07, 6.45) is 0.608. The lowest BCUT2D eigenvalue weighted by Crippen LogP contribution is -2.33. The zero-order valence-corrected chi connectivity index (χ0v) is 12.0. The molecule has 22 heavy (non-hydrogen) atoms. The maximum atomic E-state index is 13.8. The Balaban J connectivity index is 1.75. The Morgan fingerprint density at radius 1 is 1.23 bits per heavy atom. The van der Waals surface area contributed by atoms with Gasteiger partial charge in [0.2, 0.25) is 5.91 Å². The average molecular weight is 300 g/mol. The molecule has 3 rings (SSSR count). The van der Waals surface area contributed by atoms with Crippen LogP contribution < -0.4 is 10.2 Å². The van der Waals surface area contributed by atoms with Gasteiger partial charge in [0.1, 0.15) is 11.9 Å². The Morgan fingerprint density at radius 2 is 2.05 bits per heavy atom. The Morgan fingerprint density at radius 3 is 2.82 bits per heavy atom. The molecule has 2 aromatic carbocycles. The van der Waals surface area contributed by atoms with Crippen LogP contribution in [-0.2, 0) is 11.4 Å². The highest BCUT2D eigenvalue weighted by molar-refractivity contribution is 6.01. The summed E-state index contributed by atoms with van der Waals surface area (Å²) >= 11 is 0. The first-order valence-corrected chi connectivity index (χ1v) is 7.21. The van der Waals surface area contributed by atoms with Gasteiger partial charge in [0.15, 0.2) is 0 Å². The Hall–Kier alpha value is -2.40. The first-order valence-electron chi connectivity index (χ1n) is 7.21. The van der Waals surface area contributed by atoms with Crippen LogP contribution in [0.25, 0.3) is 0 Å². The number of nitrogens with zero attached hydrogens (tertiary/aromatic N) is 1. The van der Waals surface area contributed by atoms with E-state index < -0.39 is 5.82 Å². The van der Waals surface area contributed by atoms with E-state index in [1.165, 1.54) is 11.0 Å². The third kappa shape index (κ3) is 2.80. The SMILES string of the molecule is O=C1C(Nc2cccc(CO)c2)CCN1c1ccccc1F. The van der Waals surface area contributed by atoms with Crippen LogP contribution in [0.4, 0.5) is 15.8 Å². The number of benzene rings is 2. The van der Waals surface area contributed by atoms with Gasteiger partial charge in [-0.05, 0) is 36.2 Å². The van der Waals surface area contributed by atoms with Gasteiger partial charge in [0.25, 0.3) is 0 Å². The summed E-state index contributed by atoms with van der Waals surface area (Å²) in [6.45, 7) is 0.437. The molecule has 1 amide bonds. The Kier molecular flexibility index (Phi) is 4.06. The fraction of sp³-hybridized carbons (Fsp3) is 0.235. The minimum Gasteiger partial charge on any atom is -0.392 e. The fourth-order valence-corrected chi connectivity index (χ4v) is 2.68. The lowest BCUT2D eigenvalue weighted by Gasteiger charge is -2.18. The predicted molar refractivity (Wildman–Crippen MR) is 83.1 cm³/mol. The topological polar surface area (TPSA) is 52.6 Å². The quantitative estimate of drug-likeness (QED) is 0.912. The predicted octanol–water partition coefficient (Wildman–Crippen LogP) is 2.54. The summed E-state index contributed by atoms with van der Waals surface area (Å²) < 4.78 is 13.8. The largest absolute Gasteiger partial charge is 0.392 e. The minimum absolute atomic E-state index is 0.0461. The van der Waals surface area contributed by atoms with E-state index in [9.17, 15) is 9.18 Å². The van der Waals surface area contributed by atoms with E-state index in [0.29, 0.717) is 18.7 Å². The lowest BCUT2D eigenvalue weighted by molar-refractivity contribution is -0.117. The monoisotopic (exact) mass is 300 g/mol. The first kappa shape index (κ1) is 14.5. The molecule has 2 aromatic rings. The normalized spacial score (nSPS) is 17.8. The summed E-state index contributed by atoms with van der Waals surface area (Å²) in [5, 5.41) is 12.3. The zero-order chi connectivity index (χ0) is 15.5. The highest BCUT2D eigenvalue weighted by atomic mass is 19.1. The molecule has 0 aromatic heterocycles. The van der Waals surface area contributed by atoms with Crippen LogP contribution >= 0.6 is 0 Å². The Bertz CT molecular complexity index is 690. The van der Waals surface area contributed by atoms with Crippen molar-refractivity contribution >= 4 is 17.3 Å². The van der Waals surface area contributed by atoms with Crippen LogP contribution in [0.5, 0.6) is 0 Å². The molecule has 1 fully saturated rings. The van der Waals surface area contributed by atoms with Gasteiger partial charge in [-0.25, -0.2) is 4.39 Å². The summed E-state index contributed by atoms with van der Waals surface area (Å²) in [4.78, 5) is 13.9. The van der Waals surface area contributed by atoms with Crippen LogP contribution in [0.15, 0.2) is 48.5 Å². The molecular formula is C17H17FN2O2. The molecule has 114 valence electrons. The molecule has 5 heteroatoms. The molecule has 4 nitrogen and oxygen atoms in total. The van der Waals surface area contributed by atoms with Crippen LogP contribution in [0.3, 0.4) is 0 Å². The van der Waals surface area contributed by atoms with Gasteiger partial charge in [-0.3, -0.25) is 4.79 Å². The third-order valence-electron chi connectivity index (χ3n) is 3.80. The van der Waals surface area contributed by atoms with Gasteiger partial charge in [-0.1, -0.05) is 24.3 Å². The highest BCUT2D eigenvalue weighted by Crippen LogP contribution is 2.26. The zero-order valence-electron chi connectivity index (χ0n) is 12.0. The van der Waals surface area contributed by atoms with E-state index in [0.717, 1.165) is 11.3 Å². The van der Waals surface area contributed by atoms with E-state index in [1.807, 2.05) is 18.2 Å². The molecule has 1 unspecified atom stereocenters. The second kappa shape index (κ2) is 6.15. The molecule has 0 aliphatic carbocycles. The second-order valence-corrected chi connectivity index (χ2v) is 5.29. The molecule has 1 atom stereocenters. The van der Waals surface area contributed by atoms with Crippen molar-refractivity contribution in [2.75, 3.05) is 16.8 Å². The smallest absolute Gasteiger partial charge is 0.249 e. The number of aliphatic hydroxyl groups excluding tert-OH is 1. The summed E-state index contributed by atoms with van der Waals surface area (Å²) in [5.74, 6) is -0.529. The van der Waals surface area contributed by atoms with Crippen LogP contribution in [-0.4, -0.2) is 23.6 Å². The number of carbonyl (C=O) groups is 1. The van der Waals surface area contributed by atoms with Crippen molar-refractivity contribution < 1.29 is 14.3 Å². The van der Waals surface area contributed by atoms with Crippen LogP contribution in [0, 0.1) is 5.82 Å². The van der Waals surface area contributed by atoms with E-state index in [1.54, 1.807) is 24.3 Å². The fourth-order valence-electron chi connectivity index (χ4n) is 2.68. The molecule has 2 N–H and O–H groups in total. The number of halogens is 1. The van der Waals surface area contributed by atoms with Crippen molar-refractivity contribution in [3.63, 3.8) is 0 Å². The first-order chi connectivity index (χ1) is 10.7. The van der Waals surface area contributed by atoms with Gasteiger partial charge < -0.3 is 15.3 Å². The molecule has 0 spiro atoms. The average Bonchev–Trinajstić information content (AvgIpc) is 2.89. The second-order valence-electron chi connectivity index (χ2n) is 5.29. The van der Waals surface area contributed by atoms with Gasteiger partial charge in [-0.15, -0.1) is 0 Å². The van der Waals surface area contributed by atoms with Gasteiger partial charge in [0.05, 0.1) is 12.3 Å². The van der Waals surface area contributed by atoms with Crippen LogP contribution in [0.1, 0.15) is 12.0 Å². The number of rotatable bonds is 4. The number of para-hydroxylation sites is 1. The number of nitrogens with one attached hydrogen (secondary N) is 1. The minimum atomic E-state index is -0.390. The third-order valence-corrected chi connectivity index (χ3v) is 3.80. The van der Waals surface area contributed by atoms with Crippen molar-refractivity contribution in [2.45, 2.75) is 19.1 Å². The van der Waals surface area contributed by atoms with E-state index in [-0.39, 0.29) is 18.6 Å². The number of hydrogen-bond donors (Lipinski definition) is 2. The molecule has 1 heterocycles. The van der Waals surface area contributed by atoms with Crippen molar-refractivity contribution in [3.8, 4) is 0 Å². The number of hydrogen-bond acceptors (Lipinski definition) is 3. The molecule has 1 aliphatic heterocycles. The summed E-state index contributed by atoms with van der Waals surface area (Å²) in [6, 6.07) is 13.2. The number of carbonyl (C=O) groups excluding carboxylic acids is 1. The van der Waals surface area contributed by atoms with Crippen molar-refractivity contribution in [3.05, 3.63) is 59.9 Å². The molecule has 0 radical (unpaired) electrons. The van der Waals surface area contributed by atoms with Crippen LogP contribution in [0.2, 0.25) is 0 Å². The molecule has 0 saturated carbocycles. The highest BCUT2D eigenvalue weighted by Gasteiger charge is 2.33. The van der Waals surface area contributed by atoms with Gasteiger partial charge in [0, 0.05) is 12.2 Å². The molecule has 0 bridgehead atoms. The molecule has 1 saturated heterocycles. The summed E-state index contributed by atoms with van der Waals surface area (Å²) in [7, 11) is 0. The maximum Gasteiger partial charge on any atom is 0.249 e. The molecular weight excluding hydrogens is 283 g/mol. The number of anilines is 2. The van der Waals surface area contributed by atoms with E-state index in [4.69, 9.17) is 5.11 Å². The maximum absolute atomic E-state index is 13.8. The van der Waals surface area contributed by atoms with Crippen molar-refractivity contribution in [1.29, 1.82) is 0 Å². The van der Waals surface area contributed by atoms with Gasteiger partial charge >= 0.3 is 0 Å². The van der Waals surface area contributed by atoms with E-state index in [2.05, 4.69) is 5.32 Å². The van der Waals surface area contributed by atoms with Gasteiger partial charge in [-0.2, -0.15) is 0 Å². The number of amides is 1. The van der Waals surface area contributed by atoms with Crippen molar-refractivity contribution in [2.24, 2.45) is 0 Å². The Labute approximate surface area is 128 Å². The molecule has 1 aliphatic rings. The van der Waals surface area contributed by atoms with E-state index >= 15 is 0 Å². The standard InChI is InChI=1S/C17H17FN2O2/c18-14-6-1-2-7-16(14)20-9-8-15(17(20)22)19-13-5-3-4-12(10-13)11-21/h1-7,10,15,19,21H,8-9,11H2. The summed E-state index contributed by atoms with van der Waals surface area (Å²) in [5.41, 5.74) is 1.88. The van der Waals surface area contributed by atoms with Crippen molar-refractivity contribution in [1.82, 2.24) is 0 Å². The lowest BCUT2D eigenvalue weighted by atomic mass is 10.2.